The van der Waals surface area contributed by atoms with Crippen molar-refractivity contribution in [3.05, 3.63) is 125 Å². The fourth-order valence-corrected chi connectivity index (χ4v) is 6.42. The first-order chi connectivity index (χ1) is 17.4. The maximum absolute atomic E-state index is 5.29. The third-order valence-corrected chi connectivity index (χ3v) is 8.50. The smallest absolute Gasteiger partial charge is 0.0753 e. The van der Waals surface area contributed by atoms with Gasteiger partial charge in [-0.1, -0.05) is 113 Å². The van der Waals surface area contributed by atoms with Gasteiger partial charge in [-0.15, -0.1) is 0 Å². The van der Waals surface area contributed by atoms with Gasteiger partial charge in [0.25, 0.3) is 0 Å². The molecular formula is C35H29N. The highest BCUT2D eigenvalue weighted by molar-refractivity contribution is 5.85. The molecule has 0 radical (unpaired) electrons. The second kappa shape index (κ2) is 7.27. The van der Waals surface area contributed by atoms with Gasteiger partial charge in [0.15, 0.2) is 0 Å². The van der Waals surface area contributed by atoms with Crippen LogP contribution in [0.2, 0.25) is 0 Å². The molecule has 0 aliphatic heterocycles. The molecule has 1 heterocycles. The summed E-state index contributed by atoms with van der Waals surface area (Å²) in [5.41, 5.74) is 15.2. The van der Waals surface area contributed by atoms with E-state index < -0.39 is 0 Å². The topological polar surface area (TPSA) is 12.9 Å². The van der Waals surface area contributed by atoms with Crippen molar-refractivity contribution in [1.82, 2.24) is 4.98 Å². The molecule has 0 atom stereocenters. The number of hydrogen-bond donors (Lipinski definition) is 0. The molecule has 1 nitrogen and oxygen atoms in total. The standard InChI is InChI=1S/C35H29N/c1-34(2)28-13-9-8-12-25(28)26-16-15-24(21-30(26)34)32-19-18-29-33(36-32)27-17-14-23(20-31(27)35(29,3)4)22-10-6-5-7-11-22/h5-21H,1-4H3. The van der Waals surface area contributed by atoms with Gasteiger partial charge < -0.3 is 0 Å². The summed E-state index contributed by atoms with van der Waals surface area (Å²) in [5, 5.41) is 0. The minimum absolute atomic E-state index is 0.0128. The Kier molecular flexibility index (Phi) is 4.31. The first-order valence-corrected chi connectivity index (χ1v) is 12.8. The molecule has 36 heavy (non-hydrogen) atoms. The fourth-order valence-electron chi connectivity index (χ4n) is 6.42. The van der Waals surface area contributed by atoms with E-state index in [0.29, 0.717) is 0 Å². The van der Waals surface area contributed by atoms with Gasteiger partial charge in [0.1, 0.15) is 0 Å². The second-order valence-corrected chi connectivity index (χ2v) is 11.3. The largest absolute Gasteiger partial charge is 0.247 e. The Balaban J connectivity index is 1.34. The van der Waals surface area contributed by atoms with Gasteiger partial charge >= 0.3 is 0 Å². The molecule has 5 aromatic rings. The first kappa shape index (κ1) is 21.3. The summed E-state index contributed by atoms with van der Waals surface area (Å²) in [6.07, 6.45) is 0. The number of hydrogen-bond acceptors (Lipinski definition) is 1. The normalized spacial score (nSPS) is 15.7. The SMILES string of the molecule is CC1(C)c2ccccc2-c2ccc(-c3ccc4c(n3)-c3ccc(-c5ccccc5)cc3C4(C)C)cc21. The molecule has 174 valence electrons. The average Bonchev–Trinajstić information content (AvgIpc) is 3.28. The molecule has 7 rings (SSSR count). The number of rotatable bonds is 2. The lowest BCUT2D eigenvalue weighted by molar-refractivity contribution is 0.659. The van der Waals surface area contributed by atoms with Crippen LogP contribution in [0.5, 0.6) is 0 Å². The lowest BCUT2D eigenvalue weighted by Gasteiger charge is -2.22. The van der Waals surface area contributed by atoms with E-state index in [-0.39, 0.29) is 10.8 Å². The zero-order valence-electron chi connectivity index (χ0n) is 21.3. The van der Waals surface area contributed by atoms with Crippen molar-refractivity contribution >= 4 is 0 Å². The Labute approximate surface area is 213 Å². The zero-order chi connectivity index (χ0) is 24.7. The summed E-state index contributed by atoms with van der Waals surface area (Å²) in [4.78, 5) is 5.29. The molecule has 1 aromatic heterocycles. The molecule has 0 saturated carbocycles. The summed E-state index contributed by atoms with van der Waals surface area (Å²) in [6.45, 7) is 9.31. The lowest BCUT2D eigenvalue weighted by Crippen LogP contribution is -2.15. The first-order valence-electron chi connectivity index (χ1n) is 12.8. The number of aromatic nitrogens is 1. The number of pyridine rings is 1. The fraction of sp³-hybridized carbons (Fsp3) is 0.171. The highest BCUT2D eigenvalue weighted by Gasteiger charge is 2.38. The summed E-state index contributed by atoms with van der Waals surface area (Å²) in [5.74, 6) is 0. The van der Waals surface area contributed by atoms with Gasteiger partial charge in [-0.25, -0.2) is 4.98 Å². The Morgan fingerprint density at radius 1 is 0.444 bits per heavy atom. The van der Waals surface area contributed by atoms with Gasteiger partial charge in [0.2, 0.25) is 0 Å². The van der Waals surface area contributed by atoms with Crippen LogP contribution in [0.4, 0.5) is 0 Å². The number of benzene rings is 4. The molecular weight excluding hydrogens is 434 g/mol. The Morgan fingerprint density at radius 3 is 1.89 bits per heavy atom. The molecule has 1 heteroatoms. The van der Waals surface area contributed by atoms with Crippen LogP contribution in [0.15, 0.2) is 103 Å². The van der Waals surface area contributed by atoms with Crippen LogP contribution < -0.4 is 0 Å². The molecule has 0 saturated heterocycles. The van der Waals surface area contributed by atoms with Crippen LogP contribution in [0.1, 0.15) is 49.9 Å². The molecule has 0 bridgehead atoms. The summed E-state index contributed by atoms with van der Waals surface area (Å²) < 4.78 is 0. The van der Waals surface area contributed by atoms with Crippen molar-refractivity contribution in [2.45, 2.75) is 38.5 Å². The van der Waals surface area contributed by atoms with Gasteiger partial charge in [0, 0.05) is 22.0 Å². The van der Waals surface area contributed by atoms with E-state index in [2.05, 4.69) is 131 Å². The van der Waals surface area contributed by atoms with Gasteiger partial charge in [-0.2, -0.15) is 0 Å². The van der Waals surface area contributed by atoms with Crippen molar-refractivity contribution in [3.63, 3.8) is 0 Å². The van der Waals surface area contributed by atoms with E-state index in [1.165, 1.54) is 55.6 Å². The van der Waals surface area contributed by atoms with Crippen LogP contribution in [0.25, 0.3) is 44.8 Å². The Hall–Kier alpha value is -3.97. The lowest BCUT2D eigenvalue weighted by atomic mass is 9.81. The maximum Gasteiger partial charge on any atom is 0.0753 e. The monoisotopic (exact) mass is 463 g/mol. The van der Waals surface area contributed by atoms with E-state index in [4.69, 9.17) is 4.98 Å². The van der Waals surface area contributed by atoms with Crippen molar-refractivity contribution in [2.24, 2.45) is 0 Å². The molecule has 0 spiro atoms. The van der Waals surface area contributed by atoms with E-state index in [9.17, 15) is 0 Å². The van der Waals surface area contributed by atoms with Crippen LogP contribution in [0.3, 0.4) is 0 Å². The summed E-state index contributed by atoms with van der Waals surface area (Å²) >= 11 is 0. The molecule has 2 aliphatic rings. The van der Waals surface area contributed by atoms with Gasteiger partial charge in [-0.3, -0.25) is 0 Å². The van der Waals surface area contributed by atoms with Crippen molar-refractivity contribution < 1.29 is 0 Å². The van der Waals surface area contributed by atoms with E-state index in [0.717, 1.165) is 11.4 Å². The van der Waals surface area contributed by atoms with Crippen LogP contribution >= 0.6 is 0 Å². The van der Waals surface area contributed by atoms with E-state index in [1.54, 1.807) is 0 Å². The van der Waals surface area contributed by atoms with Gasteiger partial charge in [0.05, 0.1) is 11.4 Å². The average molecular weight is 464 g/mol. The predicted molar refractivity (Wildman–Crippen MR) is 150 cm³/mol. The van der Waals surface area contributed by atoms with Crippen molar-refractivity contribution in [3.8, 4) is 44.8 Å². The van der Waals surface area contributed by atoms with Crippen molar-refractivity contribution in [2.75, 3.05) is 0 Å². The highest BCUT2D eigenvalue weighted by atomic mass is 14.7. The second-order valence-electron chi connectivity index (χ2n) is 11.3. The molecule has 0 N–H and O–H groups in total. The van der Waals surface area contributed by atoms with Crippen molar-refractivity contribution in [1.29, 1.82) is 0 Å². The third-order valence-electron chi connectivity index (χ3n) is 8.50. The Bertz CT molecular complexity index is 1670. The molecule has 2 aliphatic carbocycles. The minimum atomic E-state index is -0.0808. The van der Waals surface area contributed by atoms with Crippen LogP contribution in [0, 0.1) is 0 Å². The number of nitrogens with zero attached hydrogens (tertiary/aromatic N) is 1. The molecule has 0 amide bonds. The quantitative estimate of drug-likeness (QED) is 0.254. The minimum Gasteiger partial charge on any atom is -0.247 e. The molecule has 4 aromatic carbocycles. The maximum atomic E-state index is 5.29. The predicted octanol–water partition coefficient (Wildman–Crippen LogP) is 9.03. The third kappa shape index (κ3) is 2.86. The van der Waals surface area contributed by atoms with E-state index in [1.807, 2.05) is 0 Å². The summed E-state index contributed by atoms with van der Waals surface area (Å²) in [6, 6.07) is 37.7. The Morgan fingerprint density at radius 2 is 1.06 bits per heavy atom. The van der Waals surface area contributed by atoms with E-state index >= 15 is 0 Å². The molecule has 0 unspecified atom stereocenters. The van der Waals surface area contributed by atoms with Crippen LogP contribution in [-0.2, 0) is 10.8 Å². The van der Waals surface area contributed by atoms with Gasteiger partial charge in [-0.05, 0) is 62.7 Å². The number of fused-ring (bicyclic) bond motifs is 6. The molecule has 0 fully saturated rings. The van der Waals surface area contributed by atoms with Crippen LogP contribution in [-0.4, -0.2) is 4.98 Å². The zero-order valence-corrected chi connectivity index (χ0v) is 21.3. The summed E-state index contributed by atoms with van der Waals surface area (Å²) in [7, 11) is 0. The highest BCUT2D eigenvalue weighted by Crippen LogP contribution is 2.51.